The lowest BCUT2D eigenvalue weighted by Gasteiger charge is -2.28. The Balaban J connectivity index is 0.00000149. The molecule has 1 unspecified atom stereocenters. The van der Waals surface area contributed by atoms with E-state index in [1.165, 1.54) is 24.7 Å². The number of ether oxygens (including phenoxy) is 1. The van der Waals surface area contributed by atoms with Crippen molar-refractivity contribution in [1.82, 2.24) is 10.2 Å². The van der Waals surface area contributed by atoms with Gasteiger partial charge in [-0.1, -0.05) is 58.4 Å². The van der Waals surface area contributed by atoms with Gasteiger partial charge in [-0.2, -0.15) is 0 Å². The molecule has 0 bridgehead atoms. The molecule has 0 saturated heterocycles. The molecule has 0 spiro atoms. The lowest BCUT2D eigenvalue weighted by Crippen LogP contribution is -2.36. The van der Waals surface area contributed by atoms with E-state index < -0.39 is 0 Å². The van der Waals surface area contributed by atoms with E-state index in [1.54, 1.807) is 0 Å². The number of aryl methyl sites for hydroxylation is 1. The van der Waals surface area contributed by atoms with Crippen molar-refractivity contribution in [3.05, 3.63) is 35.4 Å². The third kappa shape index (κ3) is 8.60. The Morgan fingerprint density at radius 3 is 2.43 bits per heavy atom. The monoisotopic (exact) mass is 322 g/mol. The molecule has 0 aromatic heterocycles. The Bertz CT molecular complexity index is 435. The molecule has 0 saturated carbocycles. The van der Waals surface area contributed by atoms with Crippen LogP contribution in [0.4, 0.5) is 4.79 Å². The molecule has 1 N–H and O–H groups in total. The zero-order valence-corrected chi connectivity index (χ0v) is 15.7. The Kier molecular flexibility index (Phi) is 12.1. The molecular formula is C19H34N2O2. The second kappa shape index (κ2) is 12.9. The van der Waals surface area contributed by atoms with Crippen LogP contribution in [-0.2, 0) is 11.2 Å². The van der Waals surface area contributed by atoms with E-state index in [0.29, 0.717) is 12.6 Å². The summed E-state index contributed by atoms with van der Waals surface area (Å²) in [6.07, 6.45) is 1.93. The molecule has 1 rings (SSSR count). The fourth-order valence-electron chi connectivity index (χ4n) is 2.28. The van der Waals surface area contributed by atoms with Crippen LogP contribution in [0, 0.1) is 0 Å². The van der Waals surface area contributed by atoms with Crippen molar-refractivity contribution in [2.75, 3.05) is 26.7 Å². The second-order valence-corrected chi connectivity index (χ2v) is 5.53. The molecule has 4 nitrogen and oxygen atoms in total. The number of benzene rings is 1. The highest BCUT2D eigenvalue weighted by Gasteiger charge is 2.14. The maximum atomic E-state index is 11.1. The minimum Gasteiger partial charge on any atom is -0.453 e. The topological polar surface area (TPSA) is 41.6 Å². The molecule has 0 aliphatic rings. The number of nitrogens with one attached hydrogen (secondary N) is 1. The van der Waals surface area contributed by atoms with Crippen molar-refractivity contribution >= 4 is 6.09 Å². The van der Waals surface area contributed by atoms with Crippen molar-refractivity contribution < 1.29 is 9.53 Å². The fourth-order valence-corrected chi connectivity index (χ4v) is 2.28. The number of likely N-dealkylation sites (N-methyl/N-ethyl adjacent to an activating group) is 1. The molecule has 1 aromatic carbocycles. The number of carbonyl (C=O) groups excluding carboxylic acids is 1. The average molecular weight is 322 g/mol. The van der Waals surface area contributed by atoms with Gasteiger partial charge < -0.3 is 10.1 Å². The first-order valence-electron chi connectivity index (χ1n) is 8.68. The van der Waals surface area contributed by atoms with Gasteiger partial charge in [0.25, 0.3) is 0 Å². The summed E-state index contributed by atoms with van der Waals surface area (Å²) < 4.78 is 4.57. The Hall–Kier alpha value is -1.55. The van der Waals surface area contributed by atoms with Crippen LogP contribution in [0.3, 0.4) is 0 Å². The normalized spacial score (nSPS) is 11.4. The SMILES string of the molecule is CCC.CCc1cccc(C(C)N(CC)CCNC(=O)OC)c1. The van der Waals surface area contributed by atoms with Crippen LogP contribution in [0.1, 0.15) is 58.2 Å². The smallest absolute Gasteiger partial charge is 0.406 e. The lowest BCUT2D eigenvalue weighted by atomic mass is 10.0. The molecule has 0 heterocycles. The van der Waals surface area contributed by atoms with Gasteiger partial charge in [-0.05, 0) is 31.0 Å². The Labute approximate surface area is 142 Å². The first kappa shape index (κ1) is 21.4. The number of methoxy groups -OCH3 is 1. The number of alkyl carbamates (subject to hydrolysis) is 1. The zero-order valence-electron chi connectivity index (χ0n) is 15.7. The Morgan fingerprint density at radius 2 is 1.91 bits per heavy atom. The van der Waals surface area contributed by atoms with Gasteiger partial charge in [0.2, 0.25) is 0 Å². The summed E-state index contributed by atoms with van der Waals surface area (Å²) in [6, 6.07) is 9.04. The van der Waals surface area contributed by atoms with E-state index in [9.17, 15) is 4.79 Å². The lowest BCUT2D eigenvalue weighted by molar-refractivity contribution is 0.165. The first-order chi connectivity index (χ1) is 11.0. The van der Waals surface area contributed by atoms with Crippen LogP contribution in [-0.4, -0.2) is 37.7 Å². The van der Waals surface area contributed by atoms with Gasteiger partial charge in [0, 0.05) is 19.1 Å². The minimum absolute atomic E-state index is 0.339. The van der Waals surface area contributed by atoms with Crippen molar-refractivity contribution in [1.29, 1.82) is 0 Å². The number of hydrogen-bond donors (Lipinski definition) is 1. The summed E-state index contributed by atoms with van der Waals surface area (Å²) in [5.41, 5.74) is 2.68. The minimum atomic E-state index is -0.373. The van der Waals surface area contributed by atoms with Crippen molar-refractivity contribution in [2.45, 2.75) is 53.5 Å². The molecule has 0 aliphatic heterocycles. The molecule has 23 heavy (non-hydrogen) atoms. The van der Waals surface area contributed by atoms with E-state index in [4.69, 9.17) is 0 Å². The van der Waals surface area contributed by atoms with E-state index in [2.05, 4.69) is 73.8 Å². The molecule has 4 heteroatoms. The number of nitrogens with zero attached hydrogens (tertiary/aromatic N) is 1. The number of amides is 1. The second-order valence-electron chi connectivity index (χ2n) is 5.53. The standard InChI is InChI=1S/C16H26N2O2.C3H8/c1-5-14-8-7-9-15(12-14)13(3)18(6-2)11-10-17-16(19)20-4;1-3-2/h7-9,12-13H,5-6,10-11H2,1-4H3,(H,17,19);3H2,1-2H3. The summed E-state index contributed by atoms with van der Waals surface area (Å²) in [6.45, 7) is 13.1. The highest BCUT2D eigenvalue weighted by molar-refractivity contribution is 5.66. The van der Waals surface area contributed by atoms with E-state index >= 15 is 0 Å². The van der Waals surface area contributed by atoms with Crippen LogP contribution in [0.15, 0.2) is 24.3 Å². The van der Waals surface area contributed by atoms with E-state index in [1.807, 2.05) is 0 Å². The third-order valence-electron chi connectivity index (χ3n) is 3.65. The molecular weight excluding hydrogens is 288 g/mol. The zero-order chi connectivity index (χ0) is 17.7. The molecule has 1 aromatic rings. The van der Waals surface area contributed by atoms with Gasteiger partial charge in [-0.3, -0.25) is 4.90 Å². The molecule has 0 aliphatic carbocycles. The van der Waals surface area contributed by atoms with Gasteiger partial charge >= 0.3 is 6.09 Å². The molecule has 1 atom stereocenters. The largest absolute Gasteiger partial charge is 0.453 e. The van der Waals surface area contributed by atoms with Crippen molar-refractivity contribution in [3.63, 3.8) is 0 Å². The predicted octanol–water partition coefficient (Wildman–Crippen LogP) is 4.40. The van der Waals surface area contributed by atoms with Gasteiger partial charge in [0.05, 0.1) is 7.11 Å². The third-order valence-corrected chi connectivity index (χ3v) is 3.65. The molecule has 0 radical (unpaired) electrons. The number of rotatable bonds is 7. The summed E-state index contributed by atoms with van der Waals surface area (Å²) >= 11 is 0. The highest BCUT2D eigenvalue weighted by atomic mass is 16.5. The molecule has 132 valence electrons. The number of carbonyl (C=O) groups is 1. The van der Waals surface area contributed by atoms with Gasteiger partial charge in [0.15, 0.2) is 0 Å². The quantitative estimate of drug-likeness (QED) is 0.809. The molecule has 1 amide bonds. The first-order valence-corrected chi connectivity index (χ1v) is 8.68. The van der Waals surface area contributed by atoms with Gasteiger partial charge in [0.1, 0.15) is 0 Å². The number of hydrogen-bond acceptors (Lipinski definition) is 3. The van der Waals surface area contributed by atoms with Crippen LogP contribution >= 0.6 is 0 Å². The maximum Gasteiger partial charge on any atom is 0.406 e. The average Bonchev–Trinajstić information content (AvgIpc) is 2.58. The summed E-state index contributed by atoms with van der Waals surface area (Å²) in [7, 11) is 1.38. The van der Waals surface area contributed by atoms with E-state index in [0.717, 1.165) is 19.5 Å². The summed E-state index contributed by atoms with van der Waals surface area (Å²) in [5.74, 6) is 0. The summed E-state index contributed by atoms with van der Waals surface area (Å²) in [5, 5.41) is 2.72. The fraction of sp³-hybridized carbons (Fsp3) is 0.632. The predicted molar refractivity (Wildman–Crippen MR) is 97.9 cm³/mol. The van der Waals surface area contributed by atoms with Crippen LogP contribution in [0.25, 0.3) is 0 Å². The van der Waals surface area contributed by atoms with Gasteiger partial charge in [-0.25, -0.2) is 4.79 Å². The van der Waals surface area contributed by atoms with Crippen LogP contribution in [0.2, 0.25) is 0 Å². The van der Waals surface area contributed by atoms with E-state index in [-0.39, 0.29) is 6.09 Å². The Morgan fingerprint density at radius 1 is 1.26 bits per heavy atom. The van der Waals surface area contributed by atoms with Crippen molar-refractivity contribution in [2.24, 2.45) is 0 Å². The van der Waals surface area contributed by atoms with Crippen molar-refractivity contribution in [3.8, 4) is 0 Å². The maximum absolute atomic E-state index is 11.1. The van der Waals surface area contributed by atoms with Crippen LogP contribution in [0.5, 0.6) is 0 Å². The summed E-state index contributed by atoms with van der Waals surface area (Å²) in [4.78, 5) is 13.4. The highest BCUT2D eigenvalue weighted by Crippen LogP contribution is 2.20. The van der Waals surface area contributed by atoms with Crippen LogP contribution < -0.4 is 5.32 Å². The van der Waals surface area contributed by atoms with Gasteiger partial charge in [-0.15, -0.1) is 0 Å². The molecule has 0 fully saturated rings.